The van der Waals surface area contributed by atoms with Gasteiger partial charge in [0.05, 0.1) is 18.1 Å². The van der Waals surface area contributed by atoms with Crippen LogP contribution >= 0.6 is 0 Å². The van der Waals surface area contributed by atoms with E-state index < -0.39 is 25.3 Å². The van der Waals surface area contributed by atoms with Crippen molar-refractivity contribution in [2.24, 2.45) is 0 Å². The van der Waals surface area contributed by atoms with Crippen molar-refractivity contribution in [1.82, 2.24) is 0 Å². The summed E-state index contributed by atoms with van der Waals surface area (Å²) in [4.78, 5) is 0. The van der Waals surface area contributed by atoms with Gasteiger partial charge in [0.2, 0.25) is 0 Å². The molecule has 235 valence electrons. The fourth-order valence-corrected chi connectivity index (χ4v) is 12.6. The largest absolute Gasteiger partial charge is 0.427 e. The van der Waals surface area contributed by atoms with E-state index in [-0.39, 0.29) is 36.0 Å². The molecule has 3 aliphatic carbocycles. The van der Waals surface area contributed by atoms with E-state index in [2.05, 4.69) is 84.9 Å². The van der Waals surface area contributed by atoms with Crippen molar-refractivity contribution < 1.29 is 16.6 Å². The zero-order valence-corrected chi connectivity index (χ0v) is 28.6. The molecular weight excluding hydrogens is 599 g/mol. The van der Waals surface area contributed by atoms with Gasteiger partial charge in [-0.15, -0.1) is 0 Å². The predicted molar refractivity (Wildman–Crippen MR) is 202 cm³/mol. The van der Waals surface area contributed by atoms with Gasteiger partial charge in [-0.2, -0.15) is 0 Å². The second-order valence-corrected chi connectivity index (χ2v) is 17.6. The van der Waals surface area contributed by atoms with Gasteiger partial charge in [-0.1, -0.05) is 152 Å². The molecule has 48 heavy (non-hydrogen) atoms. The Balaban J connectivity index is 1.50. The summed E-state index contributed by atoms with van der Waals surface area (Å²) < 4.78 is 51.9. The van der Waals surface area contributed by atoms with Gasteiger partial charge in [0, 0.05) is 11.8 Å². The molecule has 1 radical (unpaired) electrons. The topological polar surface area (TPSA) is 29.5 Å². The molecule has 0 saturated heterocycles. The highest BCUT2D eigenvalue weighted by molar-refractivity contribution is 7.20. The SMILES string of the molecule is [2H]c1c([2H])c([2H])c([Si](c2ccccc2)(c2ccccc2)c2cccc3c2C2c4ccccc4C3c3cccc([B]OC(C)(C)C(C)(C)O)c32)c([2H])c1[2H]. The Hall–Kier alpha value is -4.48. The zero-order chi connectivity index (χ0) is 37.4. The first kappa shape index (κ1) is 25.5. The normalized spacial score (nSPS) is 18.0. The standard InChI is InChI=1S/C44H40BO2Si/c1-43(2,46)44(3,4)47-45-37-28-16-26-35-39-33-24-14-15-25-34(33)42(40(35)37)41-36(39)27-17-29-38(41)48(30-18-8-5-9-19-30,31-20-10-6-11-21-31)32-22-12-7-13-23-32/h5-29,39,42,46H,1-4H3/i5D,8D,9D,18D,19D. The number of aliphatic hydroxyl groups is 1. The molecule has 6 aromatic rings. The Bertz CT molecular complexity index is 2330. The fourth-order valence-electron chi connectivity index (χ4n) is 7.84. The van der Waals surface area contributed by atoms with Crippen LogP contribution in [0.3, 0.4) is 0 Å². The molecule has 0 aliphatic heterocycles. The molecule has 0 heterocycles. The maximum atomic E-state index is 11.0. The summed E-state index contributed by atoms with van der Waals surface area (Å²) in [6.45, 7) is 7.26. The summed E-state index contributed by atoms with van der Waals surface area (Å²) in [6, 6.07) is 40.0. The fraction of sp³-hybridized carbons (Fsp3) is 0.182. The van der Waals surface area contributed by atoms with Gasteiger partial charge in [0.25, 0.3) is 0 Å². The Morgan fingerprint density at radius 3 is 1.71 bits per heavy atom. The van der Waals surface area contributed by atoms with Gasteiger partial charge in [-0.25, -0.2) is 0 Å². The lowest BCUT2D eigenvalue weighted by atomic mass is 9.58. The molecule has 0 spiro atoms. The van der Waals surface area contributed by atoms with E-state index >= 15 is 0 Å². The summed E-state index contributed by atoms with van der Waals surface area (Å²) >= 11 is 0. The van der Waals surface area contributed by atoms with Crippen LogP contribution in [0.2, 0.25) is 0 Å². The average molecular weight is 645 g/mol. The summed E-state index contributed by atoms with van der Waals surface area (Å²) in [5.74, 6) is -0.349. The van der Waals surface area contributed by atoms with Crippen molar-refractivity contribution in [3.8, 4) is 0 Å². The van der Waals surface area contributed by atoms with E-state index in [1.807, 2.05) is 50.2 Å². The van der Waals surface area contributed by atoms with Crippen LogP contribution in [0.5, 0.6) is 0 Å². The lowest BCUT2D eigenvalue weighted by Gasteiger charge is -2.47. The highest BCUT2D eigenvalue weighted by Gasteiger charge is 2.49. The smallest absolute Gasteiger partial charge is 0.331 e. The Morgan fingerprint density at radius 2 is 1.10 bits per heavy atom. The molecule has 0 aromatic heterocycles. The predicted octanol–water partition coefficient (Wildman–Crippen LogP) is 5.86. The van der Waals surface area contributed by atoms with Gasteiger partial charge in [0.15, 0.2) is 8.07 Å². The molecule has 2 bridgehead atoms. The molecule has 0 amide bonds. The monoisotopic (exact) mass is 644 g/mol. The van der Waals surface area contributed by atoms with Crippen LogP contribution in [-0.4, -0.2) is 31.9 Å². The van der Waals surface area contributed by atoms with Crippen LogP contribution < -0.4 is 26.2 Å². The van der Waals surface area contributed by atoms with Gasteiger partial charge in [0.1, 0.15) is 0 Å². The van der Waals surface area contributed by atoms with Gasteiger partial charge >= 0.3 is 7.48 Å². The summed E-state index contributed by atoms with van der Waals surface area (Å²) in [5, 5.41) is 14.2. The molecule has 2 atom stereocenters. The van der Waals surface area contributed by atoms with Gasteiger partial charge < -0.3 is 9.76 Å². The van der Waals surface area contributed by atoms with Crippen LogP contribution in [0.25, 0.3) is 0 Å². The minimum Gasteiger partial charge on any atom is -0.427 e. The average Bonchev–Trinajstić information content (AvgIpc) is 3.17. The molecule has 1 N–H and O–H groups in total. The Labute approximate surface area is 293 Å². The van der Waals surface area contributed by atoms with Crippen LogP contribution in [-0.2, 0) is 4.65 Å². The van der Waals surface area contributed by atoms with Crippen LogP contribution in [0, 0.1) is 0 Å². The van der Waals surface area contributed by atoms with Crippen LogP contribution in [0.15, 0.2) is 152 Å². The maximum Gasteiger partial charge on any atom is 0.331 e. The molecule has 2 unspecified atom stereocenters. The summed E-state index contributed by atoms with van der Waals surface area (Å²) in [7, 11) is -1.91. The van der Waals surface area contributed by atoms with Crippen molar-refractivity contribution in [2.75, 3.05) is 0 Å². The molecular formula is C44H40BO2Si. The lowest BCUT2D eigenvalue weighted by Crippen LogP contribution is -2.75. The Kier molecular flexibility index (Phi) is 6.17. The highest BCUT2D eigenvalue weighted by Crippen LogP contribution is 2.55. The van der Waals surface area contributed by atoms with E-state index in [1.165, 1.54) is 16.7 Å². The van der Waals surface area contributed by atoms with E-state index in [4.69, 9.17) is 8.77 Å². The molecule has 6 aromatic carbocycles. The van der Waals surface area contributed by atoms with Crippen molar-refractivity contribution in [1.29, 1.82) is 0 Å². The molecule has 0 saturated carbocycles. The second-order valence-electron chi connectivity index (χ2n) is 13.9. The Morgan fingerprint density at radius 1 is 0.583 bits per heavy atom. The van der Waals surface area contributed by atoms with Crippen molar-refractivity contribution in [3.05, 3.63) is 185 Å². The second kappa shape index (κ2) is 11.6. The van der Waals surface area contributed by atoms with Crippen LogP contribution in [0.1, 0.15) is 79.8 Å². The van der Waals surface area contributed by atoms with E-state index in [0.29, 0.717) is 5.19 Å². The minimum atomic E-state index is -3.70. The van der Waals surface area contributed by atoms with E-state index in [9.17, 15) is 7.85 Å². The molecule has 0 fully saturated rings. The molecule has 3 aliphatic rings. The third-order valence-electron chi connectivity index (χ3n) is 10.8. The highest BCUT2D eigenvalue weighted by atomic mass is 28.3. The van der Waals surface area contributed by atoms with Gasteiger partial charge in [-0.3, -0.25) is 0 Å². The summed E-state index contributed by atoms with van der Waals surface area (Å²) in [6.07, 6.45) is 0. The lowest BCUT2D eigenvalue weighted by molar-refractivity contribution is -0.0893. The quantitative estimate of drug-likeness (QED) is 0.166. The van der Waals surface area contributed by atoms with Crippen molar-refractivity contribution >= 4 is 41.8 Å². The molecule has 2 nitrogen and oxygen atoms in total. The van der Waals surface area contributed by atoms with E-state index in [1.54, 1.807) is 21.3 Å². The maximum absolute atomic E-state index is 11.0. The van der Waals surface area contributed by atoms with Crippen molar-refractivity contribution in [3.63, 3.8) is 0 Å². The number of benzene rings is 6. The third-order valence-corrected chi connectivity index (χ3v) is 15.4. The minimum absolute atomic E-state index is 0.102. The van der Waals surface area contributed by atoms with Gasteiger partial charge in [-0.05, 0) is 87.3 Å². The van der Waals surface area contributed by atoms with Crippen LogP contribution in [0.4, 0.5) is 0 Å². The molecule has 4 heteroatoms. The van der Waals surface area contributed by atoms with E-state index in [0.717, 1.165) is 37.7 Å². The first-order valence-corrected chi connectivity index (χ1v) is 18.6. The number of rotatable bonds is 8. The van der Waals surface area contributed by atoms with Crippen molar-refractivity contribution in [2.45, 2.75) is 50.7 Å². The first-order valence-electron chi connectivity index (χ1n) is 19.1. The number of hydrogen-bond donors (Lipinski definition) is 1. The third kappa shape index (κ3) is 4.62. The molecule has 9 rings (SSSR count). The summed E-state index contributed by atoms with van der Waals surface area (Å²) in [5.41, 5.74) is 5.91. The zero-order valence-electron chi connectivity index (χ0n) is 32.6. The number of hydrogen-bond acceptors (Lipinski definition) is 2. The first-order chi connectivity index (χ1) is 25.3.